The number of nitrogens with zero attached hydrogens (tertiary/aromatic N) is 1. The lowest BCUT2D eigenvalue weighted by Gasteiger charge is -2.27. The first-order chi connectivity index (χ1) is 10.3. The lowest BCUT2D eigenvalue weighted by Crippen LogP contribution is -2.37. The van der Waals surface area contributed by atoms with Gasteiger partial charge in [-0.05, 0) is 42.7 Å². The van der Waals surface area contributed by atoms with E-state index >= 15 is 0 Å². The zero-order valence-corrected chi connectivity index (χ0v) is 12.3. The molecule has 2 aromatic rings. The molecule has 0 unspecified atom stereocenters. The van der Waals surface area contributed by atoms with E-state index in [9.17, 15) is 4.79 Å². The summed E-state index contributed by atoms with van der Waals surface area (Å²) in [4.78, 5) is 14.1. The number of carbonyl (C=O) groups excluding carboxylic acids is 1. The van der Waals surface area contributed by atoms with Crippen molar-refractivity contribution in [3.8, 4) is 0 Å². The highest BCUT2D eigenvalue weighted by Crippen LogP contribution is 2.23. The molecular formula is C18H20N2O. The minimum Gasteiger partial charge on any atom is -0.381 e. The van der Waals surface area contributed by atoms with Crippen LogP contribution in [0.1, 0.15) is 28.4 Å². The smallest absolute Gasteiger partial charge is 0.254 e. The van der Waals surface area contributed by atoms with Gasteiger partial charge >= 0.3 is 0 Å². The van der Waals surface area contributed by atoms with Gasteiger partial charge < -0.3 is 10.2 Å². The Bertz CT molecular complexity index is 637. The Labute approximate surface area is 125 Å². The second-order valence-electron chi connectivity index (χ2n) is 5.35. The van der Waals surface area contributed by atoms with Gasteiger partial charge in [0, 0.05) is 30.9 Å². The van der Waals surface area contributed by atoms with Crippen molar-refractivity contribution in [3.05, 3.63) is 65.2 Å². The summed E-state index contributed by atoms with van der Waals surface area (Å²) in [6, 6.07) is 16.4. The van der Waals surface area contributed by atoms with E-state index in [-0.39, 0.29) is 5.91 Å². The van der Waals surface area contributed by atoms with E-state index in [2.05, 4.69) is 23.5 Å². The molecule has 0 spiro atoms. The summed E-state index contributed by atoms with van der Waals surface area (Å²) < 4.78 is 0. The highest BCUT2D eigenvalue weighted by atomic mass is 16.2. The molecule has 3 heteroatoms. The SMILES string of the molecule is CCN1CCc2cc(NCc3ccccc3)ccc2C1=O. The number of rotatable bonds is 4. The van der Waals surface area contributed by atoms with Gasteiger partial charge in [-0.3, -0.25) is 4.79 Å². The van der Waals surface area contributed by atoms with Gasteiger partial charge in [-0.2, -0.15) is 0 Å². The van der Waals surface area contributed by atoms with E-state index in [0.717, 1.165) is 42.9 Å². The summed E-state index contributed by atoms with van der Waals surface area (Å²) in [6.45, 7) is 4.43. The molecule has 1 aliphatic rings. The van der Waals surface area contributed by atoms with E-state index in [0.29, 0.717) is 0 Å². The third-order valence-corrected chi connectivity index (χ3v) is 4.00. The number of benzene rings is 2. The maximum absolute atomic E-state index is 12.2. The average molecular weight is 280 g/mol. The van der Waals surface area contributed by atoms with E-state index in [4.69, 9.17) is 0 Å². The van der Waals surface area contributed by atoms with E-state index in [1.807, 2.05) is 42.2 Å². The van der Waals surface area contributed by atoms with Crippen molar-refractivity contribution in [2.75, 3.05) is 18.4 Å². The van der Waals surface area contributed by atoms with Crippen molar-refractivity contribution >= 4 is 11.6 Å². The minimum absolute atomic E-state index is 0.161. The Morgan fingerprint density at radius 2 is 1.95 bits per heavy atom. The normalized spacial score (nSPS) is 14.0. The van der Waals surface area contributed by atoms with Gasteiger partial charge in [0.15, 0.2) is 0 Å². The molecule has 108 valence electrons. The van der Waals surface area contributed by atoms with Crippen LogP contribution in [0.4, 0.5) is 5.69 Å². The molecule has 1 amide bonds. The Kier molecular flexibility index (Phi) is 3.91. The maximum atomic E-state index is 12.2. The summed E-state index contributed by atoms with van der Waals surface area (Å²) >= 11 is 0. The molecule has 3 nitrogen and oxygen atoms in total. The molecule has 0 saturated carbocycles. The van der Waals surface area contributed by atoms with E-state index in [1.165, 1.54) is 5.56 Å². The predicted octanol–water partition coefficient (Wildman–Crippen LogP) is 3.32. The summed E-state index contributed by atoms with van der Waals surface area (Å²) in [5, 5.41) is 3.43. The summed E-state index contributed by atoms with van der Waals surface area (Å²) in [5.41, 5.74) is 4.34. The van der Waals surface area contributed by atoms with E-state index < -0.39 is 0 Å². The van der Waals surface area contributed by atoms with Crippen LogP contribution in [-0.2, 0) is 13.0 Å². The quantitative estimate of drug-likeness (QED) is 0.932. The summed E-state index contributed by atoms with van der Waals surface area (Å²) in [5.74, 6) is 0.161. The van der Waals surface area contributed by atoms with Crippen molar-refractivity contribution < 1.29 is 4.79 Å². The van der Waals surface area contributed by atoms with Gasteiger partial charge in [-0.1, -0.05) is 30.3 Å². The fourth-order valence-corrected chi connectivity index (χ4v) is 2.75. The summed E-state index contributed by atoms with van der Waals surface area (Å²) in [6.07, 6.45) is 0.940. The van der Waals surface area contributed by atoms with Crippen LogP contribution in [-0.4, -0.2) is 23.9 Å². The van der Waals surface area contributed by atoms with Crippen LogP contribution in [0.3, 0.4) is 0 Å². The van der Waals surface area contributed by atoms with Crippen molar-refractivity contribution in [1.82, 2.24) is 4.90 Å². The second kappa shape index (κ2) is 6.00. The molecule has 3 rings (SSSR count). The fraction of sp³-hybridized carbons (Fsp3) is 0.278. The predicted molar refractivity (Wildman–Crippen MR) is 85.5 cm³/mol. The number of nitrogens with one attached hydrogen (secondary N) is 1. The molecule has 0 fully saturated rings. The molecule has 0 bridgehead atoms. The molecule has 1 aliphatic heterocycles. The number of amides is 1. The number of hydrogen-bond donors (Lipinski definition) is 1. The van der Waals surface area contributed by atoms with Crippen LogP contribution in [0.5, 0.6) is 0 Å². The van der Waals surface area contributed by atoms with Gasteiger partial charge in [0.25, 0.3) is 5.91 Å². The Morgan fingerprint density at radius 1 is 1.14 bits per heavy atom. The molecular weight excluding hydrogens is 260 g/mol. The highest BCUT2D eigenvalue weighted by molar-refractivity contribution is 5.97. The van der Waals surface area contributed by atoms with Gasteiger partial charge in [0.05, 0.1) is 0 Å². The molecule has 21 heavy (non-hydrogen) atoms. The molecule has 2 aromatic carbocycles. The van der Waals surface area contributed by atoms with E-state index in [1.54, 1.807) is 0 Å². The van der Waals surface area contributed by atoms with Crippen molar-refractivity contribution in [1.29, 1.82) is 0 Å². The van der Waals surface area contributed by atoms with Gasteiger partial charge in [0.2, 0.25) is 0 Å². The third-order valence-electron chi connectivity index (χ3n) is 4.00. The molecule has 0 aliphatic carbocycles. The first-order valence-corrected chi connectivity index (χ1v) is 7.48. The van der Waals surface area contributed by atoms with Crippen LogP contribution >= 0.6 is 0 Å². The third kappa shape index (κ3) is 2.92. The monoisotopic (exact) mass is 280 g/mol. The minimum atomic E-state index is 0.161. The molecule has 0 atom stereocenters. The first kappa shape index (κ1) is 13.7. The first-order valence-electron chi connectivity index (χ1n) is 7.48. The Hall–Kier alpha value is -2.29. The molecule has 0 radical (unpaired) electrons. The number of hydrogen-bond acceptors (Lipinski definition) is 2. The maximum Gasteiger partial charge on any atom is 0.254 e. The van der Waals surface area contributed by atoms with Gasteiger partial charge in [-0.15, -0.1) is 0 Å². The number of likely N-dealkylation sites (N-methyl/N-ethyl adjacent to an activating group) is 1. The molecule has 0 aromatic heterocycles. The molecule has 1 heterocycles. The molecule has 1 N–H and O–H groups in total. The lowest BCUT2D eigenvalue weighted by atomic mass is 9.98. The van der Waals surface area contributed by atoms with Crippen LogP contribution in [0.2, 0.25) is 0 Å². The fourth-order valence-electron chi connectivity index (χ4n) is 2.75. The number of fused-ring (bicyclic) bond motifs is 1. The van der Waals surface area contributed by atoms with Crippen LogP contribution in [0.25, 0.3) is 0 Å². The topological polar surface area (TPSA) is 32.3 Å². The van der Waals surface area contributed by atoms with Crippen LogP contribution in [0.15, 0.2) is 48.5 Å². The standard InChI is InChI=1S/C18H20N2O/c1-2-20-11-10-15-12-16(8-9-17(15)18(20)21)19-13-14-6-4-3-5-7-14/h3-9,12,19H,2,10-11,13H2,1H3. The lowest BCUT2D eigenvalue weighted by molar-refractivity contribution is 0.0749. The zero-order chi connectivity index (χ0) is 14.7. The van der Waals surface area contributed by atoms with Crippen molar-refractivity contribution in [2.24, 2.45) is 0 Å². The summed E-state index contributed by atoms with van der Waals surface area (Å²) in [7, 11) is 0. The van der Waals surface area contributed by atoms with Gasteiger partial charge in [-0.25, -0.2) is 0 Å². The number of carbonyl (C=O) groups is 1. The Balaban J connectivity index is 1.73. The van der Waals surface area contributed by atoms with Crippen LogP contribution in [0, 0.1) is 0 Å². The molecule has 0 saturated heterocycles. The zero-order valence-electron chi connectivity index (χ0n) is 12.3. The van der Waals surface area contributed by atoms with Crippen molar-refractivity contribution in [2.45, 2.75) is 19.9 Å². The Morgan fingerprint density at radius 3 is 2.71 bits per heavy atom. The van der Waals surface area contributed by atoms with Crippen LogP contribution < -0.4 is 5.32 Å². The second-order valence-corrected chi connectivity index (χ2v) is 5.35. The average Bonchev–Trinajstić information content (AvgIpc) is 2.54. The highest BCUT2D eigenvalue weighted by Gasteiger charge is 2.22. The van der Waals surface area contributed by atoms with Gasteiger partial charge in [0.1, 0.15) is 0 Å². The number of anilines is 1. The largest absolute Gasteiger partial charge is 0.381 e. The van der Waals surface area contributed by atoms with Crippen molar-refractivity contribution in [3.63, 3.8) is 0 Å².